The second-order valence-electron chi connectivity index (χ2n) is 10.5. The lowest BCUT2D eigenvalue weighted by atomic mass is 9.47. The number of phenolic OH excluding ortho intramolecular Hbond substituents is 1. The van der Waals surface area contributed by atoms with Gasteiger partial charge in [-0.2, -0.15) is 0 Å². The number of piperidine rings is 1. The van der Waals surface area contributed by atoms with Crippen molar-refractivity contribution in [2.75, 3.05) is 20.6 Å². The Labute approximate surface area is 212 Å². The van der Waals surface area contributed by atoms with E-state index in [1.165, 1.54) is 0 Å². The van der Waals surface area contributed by atoms with E-state index in [0.29, 0.717) is 12.2 Å². The molecule has 1 saturated heterocycles. The number of aliphatic hydroxyl groups is 1. The van der Waals surface area contributed by atoms with E-state index in [1.807, 2.05) is 30.6 Å². The van der Waals surface area contributed by atoms with Gasteiger partial charge in [-0.15, -0.1) is 11.3 Å². The maximum atomic E-state index is 13.3. The number of carbonyl (C=O) groups is 1. The van der Waals surface area contributed by atoms with Gasteiger partial charge >= 0.3 is 0 Å². The van der Waals surface area contributed by atoms with Gasteiger partial charge in [0, 0.05) is 39.5 Å². The van der Waals surface area contributed by atoms with Crippen molar-refractivity contribution in [2.24, 2.45) is 5.92 Å². The van der Waals surface area contributed by atoms with Crippen molar-refractivity contribution < 1.29 is 19.7 Å². The van der Waals surface area contributed by atoms with Gasteiger partial charge in [0.05, 0.1) is 17.1 Å². The zero-order chi connectivity index (χ0) is 24.0. The highest BCUT2D eigenvalue weighted by Gasteiger charge is 2.74. The molecule has 3 heterocycles. The first-order valence-electron chi connectivity index (χ1n) is 11.8. The van der Waals surface area contributed by atoms with Crippen molar-refractivity contribution in [3.63, 3.8) is 0 Å². The van der Waals surface area contributed by atoms with Gasteiger partial charge in [-0.05, 0) is 78.5 Å². The maximum Gasteiger partial charge on any atom is 0.246 e. The third-order valence-corrected chi connectivity index (χ3v) is 10.5. The molecule has 6 rings (SSSR count). The quantitative estimate of drug-likeness (QED) is 0.575. The Bertz CT molecular complexity index is 1210. The number of aromatic hydroxyl groups is 1. The predicted molar refractivity (Wildman–Crippen MR) is 135 cm³/mol. The Hall–Kier alpha value is -1.87. The van der Waals surface area contributed by atoms with Crippen LogP contribution in [0.4, 0.5) is 0 Å². The number of hydrogen-bond donors (Lipinski definition) is 2. The maximum absolute atomic E-state index is 13.3. The van der Waals surface area contributed by atoms with Crippen molar-refractivity contribution in [1.29, 1.82) is 0 Å². The minimum absolute atomic E-state index is 0.0167. The summed E-state index contributed by atoms with van der Waals surface area (Å²) in [5.74, 6) is 0.550. The molecule has 1 aromatic heterocycles. The topological polar surface area (TPSA) is 73.2 Å². The molecule has 0 unspecified atom stereocenters. The lowest BCUT2D eigenvalue weighted by molar-refractivity contribution is -0.208. The van der Waals surface area contributed by atoms with Crippen LogP contribution in [-0.2, 0) is 16.6 Å². The molecule has 34 heavy (non-hydrogen) atoms. The molecule has 2 aliphatic heterocycles. The molecule has 1 spiro atoms. The first-order valence-corrected chi connectivity index (χ1v) is 13.5. The molecular weight excluding hydrogens is 516 g/mol. The average molecular weight is 545 g/mol. The Morgan fingerprint density at radius 2 is 2.21 bits per heavy atom. The molecule has 4 aliphatic rings. The largest absolute Gasteiger partial charge is 0.504 e. The van der Waals surface area contributed by atoms with Gasteiger partial charge in [-0.3, -0.25) is 4.79 Å². The van der Waals surface area contributed by atoms with Gasteiger partial charge in [0.25, 0.3) is 0 Å². The van der Waals surface area contributed by atoms with Crippen LogP contribution in [0.3, 0.4) is 0 Å². The number of thiophene rings is 1. The Kier molecular flexibility index (Phi) is 5.02. The summed E-state index contributed by atoms with van der Waals surface area (Å²) in [6.07, 6.45) is 5.09. The number of rotatable bonds is 3. The van der Waals surface area contributed by atoms with E-state index in [1.54, 1.807) is 28.4 Å². The van der Waals surface area contributed by atoms with Crippen LogP contribution in [0.1, 0.15) is 35.8 Å². The molecule has 180 valence electrons. The smallest absolute Gasteiger partial charge is 0.246 e. The van der Waals surface area contributed by atoms with Crippen molar-refractivity contribution in [3.8, 4) is 11.5 Å². The second-order valence-corrected chi connectivity index (χ2v) is 12.3. The molecule has 2 aromatic rings. The molecule has 2 aliphatic carbocycles. The molecule has 1 saturated carbocycles. The summed E-state index contributed by atoms with van der Waals surface area (Å²) in [6, 6.07) is 5.43. The average Bonchev–Trinajstić information content (AvgIpc) is 3.36. The third kappa shape index (κ3) is 2.83. The number of halogens is 1. The van der Waals surface area contributed by atoms with E-state index in [0.717, 1.165) is 39.9 Å². The first-order chi connectivity index (χ1) is 16.2. The standard InChI is InChI=1S/C26H29BrN2O4S/c1-14-12-26(32)19-10-15-4-6-18(30)23-21(15)25(26,8-9-28(19)2)24(33-23)22(14)29(3)20(31)7-5-17-11-16(27)13-34-17/h4-7,11,13-14,19,22,24,30,32H,8-10,12H2,1-3H3/b7-5+/t14-,19+,22+,24-,25-,26+/m0/s1. The summed E-state index contributed by atoms with van der Waals surface area (Å²) in [6.45, 7) is 2.95. The highest BCUT2D eigenvalue weighted by molar-refractivity contribution is 9.10. The van der Waals surface area contributed by atoms with E-state index >= 15 is 0 Å². The van der Waals surface area contributed by atoms with Gasteiger partial charge in [-0.25, -0.2) is 0 Å². The predicted octanol–water partition coefficient (Wildman–Crippen LogP) is 3.79. The van der Waals surface area contributed by atoms with E-state index in [4.69, 9.17) is 4.74 Å². The summed E-state index contributed by atoms with van der Waals surface area (Å²) < 4.78 is 7.58. The number of likely N-dealkylation sites (N-methyl/N-ethyl adjacent to an activating group) is 2. The van der Waals surface area contributed by atoms with Crippen molar-refractivity contribution >= 4 is 39.2 Å². The van der Waals surface area contributed by atoms with Gasteiger partial charge in [0.1, 0.15) is 6.10 Å². The van der Waals surface area contributed by atoms with Crippen LogP contribution in [0.15, 0.2) is 34.1 Å². The number of phenols is 1. The summed E-state index contributed by atoms with van der Waals surface area (Å²) in [5.41, 5.74) is 0.498. The van der Waals surface area contributed by atoms with E-state index in [9.17, 15) is 15.0 Å². The number of carbonyl (C=O) groups excluding carboxylic acids is 1. The van der Waals surface area contributed by atoms with Gasteiger partial charge in [0.2, 0.25) is 5.91 Å². The zero-order valence-electron chi connectivity index (χ0n) is 19.5. The molecule has 2 bridgehead atoms. The summed E-state index contributed by atoms with van der Waals surface area (Å²) in [4.78, 5) is 18.4. The number of benzene rings is 1. The molecule has 6 atom stereocenters. The van der Waals surface area contributed by atoms with Crippen LogP contribution in [0, 0.1) is 5.92 Å². The highest BCUT2D eigenvalue weighted by Crippen LogP contribution is 2.66. The first kappa shape index (κ1) is 22.6. The SMILES string of the molecule is C[C@H]1C[C@@]2(O)[C@H]3Cc4ccc(O)c5c4[C@@]2(CCN3C)[C@@H](O5)[C@@H]1N(C)C(=O)/C=C/c1cc(Br)cs1. The fraction of sp³-hybridized carbons (Fsp3) is 0.500. The molecule has 0 radical (unpaired) electrons. The zero-order valence-corrected chi connectivity index (χ0v) is 21.9. The molecular formula is C26H29BrN2O4S. The van der Waals surface area contributed by atoms with Crippen molar-refractivity contribution in [1.82, 2.24) is 9.80 Å². The lowest BCUT2D eigenvalue weighted by Gasteiger charge is -2.65. The number of ether oxygens (including phenoxy) is 1. The van der Waals surface area contributed by atoms with E-state index < -0.39 is 17.1 Å². The fourth-order valence-corrected chi connectivity index (χ4v) is 8.76. The molecule has 2 fully saturated rings. The lowest BCUT2D eigenvalue weighted by Crippen LogP contribution is -2.79. The van der Waals surface area contributed by atoms with Crippen LogP contribution >= 0.6 is 27.3 Å². The van der Waals surface area contributed by atoms with Crippen LogP contribution < -0.4 is 4.74 Å². The highest BCUT2D eigenvalue weighted by atomic mass is 79.9. The molecule has 2 N–H and O–H groups in total. The number of amides is 1. The van der Waals surface area contributed by atoms with Gasteiger partial charge < -0.3 is 24.7 Å². The Morgan fingerprint density at radius 3 is 2.94 bits per heavy atom. The number of nitrogens with zero attached hydrogens (tertiary/aromatic N) is 2. The fourth-order valence-electron chi connectivity index (χ4n) is 7.42. The van der Waals surface area contributed by atoms with Gasteiger partial charge in [-0.1, -0.05) is 13.0 Å². The molecule has 8 heteroatoms. The minimum Gasteiger partial charge on any atom is -0.504 e. The third-order valence-electron chi connectivity index (χ3n) is 8.83. The summed E-state index contributed by atoms with van der Waals surface area (Å²) in [7, 11) is 3.92. The van der Waals surface area contributed by atoms with E-state index in [-0.39, 0.29) is 29.7 Å². The number of likely N-dealkylation sites (tertiary alicyclic amines) is 1. The van der Waals surface area contributed by atoms with Crippen molar-refractivity contribution in [2.45, 2.75) is 55.4 Å². The van der Waals surface area contributed by atoms with Crippen LogP contribution in [-0.4, -0.2) is 70.3 Å². The molecule has 6 nitrogen and oxygen atoms in total. The van der Waals surface area contributed by atoms with Crippen LogP contribution in [0.5, 0.6) is 11.5 Å². The minimum atomic E-state index is -0.977. The normalized spacial score (nSPS) is 35.8. The Balaban J connectivity index is 1.43. The summed E-state index contributed by atoms with van der Waals surface area (Å²) >= 11 is 5.03. The molecule has 1 aromatic carbocycles. The van der Waals surface area contributed by atoms with Gasteiger partial charge in [0.15, 0.2) is 11.5 Å². The number of hydrogen-bond acceptors (Lipinski definition) is 6. The van der Waals surface area contributed by atoms with Crippen LogP contribution in [0.2, 0.25) is 0 Å². The second kappa shape index (κ2) is 7.56. The molecule has 1 amide bonds. The Morgan fingerprint density at radius 1 is 1.41 bits per heavy atom. The monoisotopic (exact) mass is 544 g/mol. The van der Waals surface area contributed by atoms with Crippen LogP contribution in [0.25, 0.3) is 6.08 Å². The van der Waals surface area contributed by atoms with E-state index in [2.05, 4.69) is 34.8 Å². The van der Waals surface area contributed by atoms with Crippen molar-refractivity contribution in [3.05, 3.63) is 50.1 Å². The summed E-state index contributed by atoms with van der Waals surface area (Å²) in [5, 5.41) is 25.1.